The number of nitrogens with zero attached hydrogens (tertiary/aromatic N) is 1. The fourth-order valence-electron chi connectivity index (χ4n) is 2.83. The fraction of sp³-hybridized carbons (Fsp3) is 0.647. The maximum atomic E-state index is 11.9. The molecule has 0 aliphatic carbocycles. The predicted octanol–water partition coefficient (Wildman–Crippen LogP) is 1.89. The van der Waals surface area contributed by atoms with Crippen molar-refractivity contribution in [1.29, 1.82) is 0 Å². The van der Waals surface area contributed by atoms with E-state index in [2.05, 4.69) is 11.0 Å². The lowest BCUT2D eigenvalue weighted by atomic mass is 10.1. The van der Waals surface area contributed by atoms with Gasteiger partial charge in [0.1, 0.15) is 18.5 Å². The van der Waals surface area contributed by atoms with Crippen LogP contribution in [0.5, 0.6) is 5.75 Å². The molecule has 2 rings (SSSR count). The first-order valence-electron chi connectivity index (χ1n) is 7.77. The quantitative estimate of drug-likeness (QED) is 0.898. The molecular weight excluding hydrogens is 298 g/mol. The molecule has 1 fully saturated rings. The third-order valence-electron chi connectivity index (χ3n) is 4.04. The Morgan fingerprint density at radius 2 is 2.14 bits per heavy atom. The molecule has 1 saturated heterocycles. The van der Waals surface area contributed by atoms with Gasteiger partial charge in [0, 0.05) is 36.2 Å². The van der Waals surface area contributed by atoms with Crippen LogP contribution in [0.1, 0.15) is 25.0 Å². The minimum atomic E-state index is -0.779. The minimum absolute atomic E-state index is 0.202. The molecule has 0 amide bonds. The summed E-state index contributed by atoms with van der Waals surface area (Å²) in [5, 5.41) is 10.2. The second-order valence-corrected chi connectivity index (χ2v) is 8.98. The Balaban J connectivity index is 1.83. The Hall–Kier alpha value is -0.910. The molecule has 4 nitrogen and oxygen atoms in total. The van der Waals surface area contributed by atoms with Crippen LogP contribution in [-0.2, 0) is 10.8 Å². The molecule has 1 heterocycles. The van der Waals surface area contributed by atoms with E-state index < -0.39 is 16.9 Å². The van der Waals surface area contributed by atoms with Crippen LogP contribution in [0, 0.1) is 13.8 Å². The molecule has 1 aliphatic heterocycles. The molecular formula is C17H27NO3S. The fourth-order valence-corrected chi connectivity index (χ4v) is 4.13. The molecule has 1 aromatic carbocycles. The van der Waals surface area contributed by atoms with Crippen molar-refractivity contribution in [3.8, 4) is 5.75 Å². The van der Waals surface area contributed by atoms with Gasteiger partial charge < -0.3 is 9.84 Å². The van der Waals surface area contributed by atoms with Crippen LogP contribution in [0.3, 0.4) is 0 Å². The van der Waals surface area contributed by atoms with Crippen LogP contribution < -0.4 is 4.74 Å². The molecule has 0 saturated carbocycles. The highest BCUT2D eigenvalue weighted by molar-refractivity contribution is 7.86. The van der Waals surface area contributed by atoms with Crippen molar-refractivity contribution < 1.29 is 14.1 Å². The van der Waals surface area contributed by atoms with Crippen LogP contribution in [-0.4, -0.2) is 57.1 Å². The van der Waals surface area contributed by atoms with E-state index in [9.17, 15) is 9.32 Å². The summed E-state index contributed by atoms with van der Waals surface area (Å²) in [6, 6.07) is 6.03. The summed E-state index contributed by atoms with van der Waals surface area (Å²) in [6.45, 7) is 10.5. The number of aryl methyl sites for hydroxylation is 2. The zero-order valence-corrected chi connectivity index (χ0v) is 14.8. The first-order chi connectivity index (χ1) is 10.3. The monoisotopic (exact) mass is 325 g/mol. The van der Waals surface area contributed by atoms with Gasteiger partial charge in [-0.1, -0.05) is 17.7 Å². The van der Waals surface area contributed by atoms with Crippen LogP contribution >= 0.6 is 0 Å². The van der Waals surface area contributed by atoms with Crippen LogP contribution in [0.15, 0.2) is 18.2 Å². The second kappa shape index (κ2) is 7.11. The van der Waals surface area contributed by atoms with E-state index in [0.29, 0.717) is 12.3 Å². The molecule has 22 heavy (non-hydrogen) atoms. The number of aliphatic hydroxyl groups excluding tert-OH is 1. The van der Waals surface area contributed by atoms with Crippen molar-refractivity contribution >= 4 is 10.8 Å². The number of aliphatic hydroxyl groups is 1. The van der Waals surface area contributed by atoms with E-state index in [0.717, 1.165) is 24.4 Å². The number of benzene rings is 1. The summed E-state index contributed by atoms with van der Waals surface area (Å²) < 4.78 is 17.4. The highest BCUT2D eigenvalue weighted by atomic mass is 32.2. The molecule has 2 atom stereocenters. The Morgan fingerprint density at radius 3 is 2.77 bits per heavy atom. The second-order valence-electron chi connectivity index (χ2n) is 6.78. The topological polar surface area (TPSA) is 49.8 Å². The van der Waals surface area contributed by atoms with Crippen molar-refractivity contribution in [2.75, 3.05) is 32.0 Å². The van der Waals surface area contributed by atoms with Crippen molar-refractivity contribution in [3.63, 3.8) is 0 Å². The lowest BCUT2D eigenvalue weighted by Crippen LogP contribution is -2.52. The average Bonchev–Trinajstić information content (AvgIpc) is 2.41. The molecule has 0 bridgehead atoms. The maximum Gasteiger partial charge on any atom is 0.122 e. The summed E-state index contributed by atoms with van der Waals surface area (Å²) >= 11 is 0. The SMILES string of the molecule is Cc1ccc(OCC(O)CN2CCS(=O)C(C)(C)C2)c(C)c1. The molecule has 1 aromatic rings. The summed E-state index contributed by atoms with van der Waals surface area (Å²) in [5.74, 6) is 1.50. The predicted molar refractivity (Wildman–Crippen MR) is 90.9 cm³/mol. The van der Waals surface area contributed by atoms with Crippen molar-refractivity contribution in [2.24, 2.45) is 0 Å². The summed E-state index contributed by atoms with van der Waals surface area (Å²) in [6.07, 6.45) is -0.539. The Bertz CT molecular complexity index is 545. The molecule has 1 aliphatic rings. The summed E-state index contributed by atoms with van der Waals surface area (Å²) in [4.78, 5) is 2.18. The van der Waals surface area contributed by atoms with Gasteiger partial charge in [-0.2, -0.15) is 0 Å². The van der Waals surface area contributed by atoms with Gasteiger partial charge in [0.05, 0.1) is 4.75 Å². The molecule has 124 valence electrons. The van der Waals surface area contributed by atoms with Crippen LogP contribution in [0.4, 0.5) is 0 Å². The summed E-state index contributed by atoms with van der Waals surface area (Å²) in [5.41, 5.74) is 2.29. The largest absolute Gasteiger partial charge is 0.491 e. The summed E-state index contributed by atoms with van der Waals surface area (Å²) in [7, 11) is -0.779. The van der Waals surface area contributed by atoms with E-state index >= 15 is 0 Å². The first kappa shape index (κ1) is 17.4. The van der Waals surface area contributed by atoms with E-state index in [-0.39, 0.29) is 11.4 Å². The van der Waals surface area contributed by atoms with Gasteiger partial charge >= 0.3 is 0 Å². The Morgan fingerprint density at radius 1 is 1.41 bits per heavy atom. The standard InChI is InChI=1S/C17H27NO3S/c1-13-5-6-16(14(2)9-13)21-11-15(19)10-18-7-8-22(20)17(3,4)12-18/h5-6,9,15,19H,7-8,10-12H2,1-4H3. The molecule has 1 N–H and O–H groups in total. The highest BCUT2D eigenvalue weighted by Crippen LogP contribution is 2.21. The highest BCUT2D eigenvalue weighted by Gasteiger charge is 2.33. The zero-order chi connectivity index (χ0) is 16.3. The van der Waals surface area contributed by atoms with Crippen molar-refractivity contribution in [3.05, 3.63) is 29.3 Å². The van der Waals surface area contributed by atoms with Gasteiger partial charge in [-0.15, -0.1) is 0 Å². The van der Waals surface area contributed by atoms with Crippen molar-refractivity contribution in [1.82, 2.24) is 4.90 Å². The van der Waals surface area contributed by atoms with Gasteiger partial charge in [0.2, 0.25) is 0 Å². The third-order valence-corrected chi connectivity index (χ3v) is 5.96. The molecule has 0 aromatic heterocycles. The van der Waals surface area contributed by atoms with Gasteiger partial charge in [-0.05, 0) is 39.3 Å². The van der Waals surface area contributed by atoms with Gasteiger partial charge in [-0.3, -0.25) is 9.11 Å². The van der Waals surface area contributed by atoms with E-state index in [4.69, 9.17) is 4.74 Å². The Labute approximate surface area is 135 Å². The number of β-amino-alcohol motifs (C(OH)–C–C–N with tert-alkyl or cyclic N) is 1. The van der Waals surface area contributed by atoms with E-state index in [1.165, 1.54) is 5.56 Å². The molecule has 2 unspecified atom stereocenters. The number of hydrogen-bond donors (Lipinski definition) is 1. The number of ether oxygens (including phenoxy) is 1. The number of hydrogen-bond acceptors (Lipinski definition) is 4. The Kier molecular flexibility index (Phi) is 5.64. The number of rotatable bonds is 5. The van der Waals surface area contributed by atoms with Crippen LogP contribution in [0.25, 0.3) is 0 Å². The minimum Gasteiger partial charge on any atom is -0.491 e. The van der Waals surface area contributed by atoms with E-state index in [1.807, 2.05) is 39.8 Å². The first-order valence-corrected chi connectivity index (χ1v) is 9.09. The lowest BCUT2D eigenvalue weighted by molar-refractivity contribution is 0.0659. The maximum absolute atomic E-state index is 11.9. The molecule has 0 radical (unpaired) electrons. The molecule has 0 spiro atoms. The smallest absolute Gasteiger partial charge is 0.122 e. The van der Waals surface area contributed by atoms with Gasteiger partial charge in [-0.25, -0.2) is 0 Å². The lowest BCUT2D eigenvalue weighted by Gasteiger charge is -2.38. The van der Waals surface area contributed by atoms with Gasteiger partial charge in [0.25, 0.3) is 0 Å². The normalized spacial score (nSPS) is 23.2. The van der Waals surface area contributed by atoms with Gasteiger partial charge in [0.15, 0.2) is 0 Å². The van der Waals surface area contributed by atoms with Crippen LogP contribution in [0.2, 0.25) is 0 Å². The molecule has 5 heteroatoms. The van der Waals surface area contributed by atoms with E-state index in [1.54, 1.807) is 0 Å². The third kappa shape index (κ3) is 4.54. The average molecular weight is 325 g/mol. The zero-order valence-electron chi connectivity index (χ0n) is 14.0. The van der Waals surface area contributed by atoms with Crippen molar-refractivity contribution in [2.45, 2.75) is 38.5 Å².